The van der Waals surface area contributed by atoms with E-state index in [2.05, 4.69) is 71.5 Å². The van der Waals surface area contributed by atoms with Crippen molar-refractivity contribution in [3.05, 3.63) is 302 Å². The molecule has 11 N–H and O–H groups in total. The predicted octanol–water partition coefficient (Wildman–Crippen LogP) is 19.0. The summed E-state index contributed by atoms with van der Waals surface area (Å²) < 4.78 is 17.3. The number of aliphatic hydroxyl groups excluding tert-OH is 1. The molecule has 10 rings (SSSR count). The first-order valence-corrected chi connectivity index (χ1v) is 30.9. The van der Waals surface area contributed by atoms with E-state index in [-0.39, 0.29) is 41.5 Å². The number of rotatable bonds is 7. The number of amides is 2. The van der Waals surface area contributed by atoms with Crippen LogP contribution in [0.3, 0.4) is 0 Å². The Morgan fingerprint density at radius 3 is 1.26 bits per heavy atom. The van der Waals surface area contributed by atoms with Gasteiger partial charge in [0.25, 0.3) is 0 Å². The summed E-state index contributed by atoms with van der Waals surface area (Å²) in [5.74, 6) is 0.422. The number of ether oxygens (including phenoxy) is 1. The van der Waals surface area contributed by atoms with Crippen LogP contribution in [0, 0.1) is 75.1 Å². The Morgan fingerprint density at radius 1 is 0.463 bits per heavy atom. The number of aryl methyl sites for hydroxylation is 9. The molecule has 0 radical (unpaired) electrons. The third-order valence-electron chi connectivity index (χ3n) is 13.4. The van der Waals surface area contributed by atoms with Gasteiger partial charge in [-0.15, -0.1) is 0 Å². The maximum absolute atomic E-state index is 12.4. The highest BCUT2D eigenvalue weighted by Crippen LogP contribution is 2.26. The number of carbonyl (C=O) groups excluding carboxylic acids is 3. The summed E-state index contributed by atoms with van der Waals surface area (Å²) in [5, 5.41) is 38.8. The van der Waals surface area contributed by atoms with Crippen LogP contribution >= 0.6 is 11.6 Å². The first kappa shape index (κ1) is 82.6. The molecule has 0 saturated carbocycles. The Morgan fingerprint density at radius 2 is 0.895 bits per heavy atom. The van der Waals surface area contributed by atoms with Crippen molar-refractivity contribution in [2.24, 2.45) is 0 Å². The van der Waals surface area contributed by atoms with Gasteiger partial charge in [0.15, 0.2) is 17.3 Å². The molecule has 0 atom stereocenters. The third-order valence-corrected chi connectivity index (χ3v) is 13.7. The zero-order valence-electron chi connectivity index (χ0n) is 58.0. The maximum Gasteiger partial charge on any atom is 0.221 e. The van der Waals surface area contributed by atoms with Crippen LogP contribution in [-0.2, 0) is 16.2 Å². The van der Waals surface area contributed by atoms with Gasteiger partial charge < -0.3 is 52.8 Å². The van der Waals surface area contributed by atoms with Gasteiger partial charge >= 0.3 is 0 Å². The topological polar surface area (TPSA) is 221 Å². The number of ketones is 1. The fourth-order valence-electron chi connectivity index (χ4n) is 7.41. The van der Waals surface area contributed by atoms with E-state index in [1.165, 1.54) is 85.3 Å². The van der Waals surface area contributed by atoms with Gasteiger partial charge in [0.2, 0.25) is 11.8 Å². The molecule has 0 bridgehead atoms. The molecule has 95 heavy (non-hydrogen) atoms. The van der Waals surface area contributed by atoms with Gasteiger partial charge in [0.1, 0.15) is 11.6 Å². The van der Waals surface area contributed by atoms with Crippen LogP contribution in [0.4, 0.5) is 38.5 Å². The third kappa shape index (κ3) is 36.4. The van der Waals surface area contributed by atoms with Crippen molar-refractivity contribution >= 4 is 63.3 Å². The Hall–Kier alpha value is -10.4. The van der Waals surface area contributed by atoms with Gasteiger partial charge in [-0.2, -0.15) is 0 Å². The lowest BCUT2D eigenvalue weighted by atomic mass is 10.1. The summed E-state index contributed by atoms with van der Waals surface area (Å²) in [6.07, 6.45) is 0. The molecule has 10 aromatic rings. The molecule has 0 aliphatic carbocycles. The highest BCUT2D eigenvalue weighted by atomic mass is 35.5. The molecule has 0 aromatic heterocycles. The zero-order chi connectivity index (χ0) is 71.4. The average molecular weight is 1310 g/mol. The monoisotopic (exact) mass is 1310 g/mol. The number of phenols is 2. The number of aliphatic hydroxyl groups is 1. The van der Waals surface area contributed by atoms with Gasteiger partial charge in [0, 0.05) is 67.5 Å². The molecule has 0 saturated heterocycles. The molecule has 10 aromatic carbocycles. The first-order valence-electron chi connectivity index (χ1n) is 30.5. The van der Waals surface area contributed by atoms with Crippen LogP contribution in [0.5, 0.6) is 17.2 Å². The Balaban J connectivity index is 0.000000528. The summed E-state index contributed by atoms with van der Waals surface area (Å²) in [7, 11) is 5.39. The molecule has 0 aliphatic heterocycles. The lowest BCUT2D eigenvalue weighted by molar-refractivity contribution is -0.115. The Kier molecular flexibility index (Phi) is 40.5. The molecule has 13 nitrogen and oxygen atoms in total. The highest BCUT2D eigenvalue weighted by molar-refractivity contribution is 6.33. The van der Waals surface area contributed by atoms with Crippen LogP contribution in [0.25, 0.3) is 0 Å². The van der Waals surface area contributed by atoms with Gasteiger partial charge in [-0.25, -0.2) is 4.39 Å². The number of carbonyl (C=O) groups is 3. The largest absolute Gasteiger partial charge is 0.508 e. The van der Waals surface area contributed by atoms with Crippen LogP contribution in [0.1, 0.15) is 92.3 Å². The average Bonchev–Trinajstić information content (AvgIpc) is 2.61. The Bertz CT molecular complexity index is 3670. The fraction of sp³-hybridized carbons (Fsp3) is 0.212. The normalized spacial score (nSPS) is 9.34. The number of benzene rings is 10. The van der Waals surface area contributed by atoms with Crippen LogP contribution in [0.2, 0.25) is 5.02 Å². The van der Waals surface area contributed by atoms with Crippen LogP contribution < -0.4 is 37.5 Å². The minimum absolute atomic E-state index is 0.00926. The number of para-hydroxylation sites is 4. The van der Waals surface area contributed by atoms with E-state index < -0.39 is 0 Å². The molecule has 504 valence electrons. The standard InChI is InChI=1S/2C9H11NO.C9H10O.2C8H11N.C8H10O2.C8H10O.C7H8ClN.C7H7FO.C7H9N/c1-7-3-5-9(6-4-7)10-8(2)11;1-7-5-3-4-6-9(7)10-8(2)11;1-7-3-5-9(6-4-7)8(2)10;1-7-3-5-8(9-2)6-4-7;1-7-5-3-4-6-8(7)9-2;1-6-3-4-7(9)8(5-6)10-2;1-7-2-4-8(6-9)5-3-7;1-5-3-2-4-6(8)7(5)9;1-5-6(8)3-2-4-7(5)9;1-6-4-2-3-5-7(6)8/h2*3-6H,1-2H3,(H,10,11);3-6H,1-2H3;2*3-6,9H,1-2H3;3-5,9H,1-2H3;2-5,9H,6H2,1H3;2-4H,9H2,1H3;2-4,9H,1H3;2-5H,8H2,1H3. The van der Waals surface area contributed by atoms with E-state index in [0.29, 0.717) is 22.0 Å². The SMILES string of the molecule is CC(=O)Nc1ccc(C)cc1.CC(=O)Nc1ccccc1C.CC(=O)c1ccc(C)cc1.CNc1ccc(C)cc1.CNc1ccccc1C.COc1cc(C)ccc1O.Cc1c(O)cccc1F.Cc1ccc(CO)cc1.Cc1cccc(Cl)c1N.Cc1ccccc1N. The number of aromatic hydroxyl groups is 2. The smallest absolute Gasteiger partial charge is 0.221 e. The van der Waals surface area contributed by atoms with E-state index in [0.717, 1.165) is 50.4 Å². The number of halogens is 2. The van der Waals surface area contributed by atoms with E-state index in [4.69, 9.17) is 43.1 Å². The molecule has 0 aliphatic rings. The summed E-state index contributed by atoms with van der Waals surface area (Å²) in [4.78, 5) is 32.0. The number of anilines is 6. The minimum Gasteiger partial charge on any atom is -0.508 e. The van der Waals surface area contributed by atoms with Crippen molar-refractivity contribution in [2.75, 3.05) is 53.9 Å². The number of hydrogen-bond acceptors (Lipinski definition) is 11. The molecular formula is C80H98ClFN6O7. The lowest BCUT2D eigenvalue weighted by Crippen LogP contribution is -2.06. The molecule has 0 spiro atoms. The second-order valence-corrected chi connectivity index (χ2v) is 22.1. The van der Waals surface area contributed by atoms with E-state index >= 15 is 0 Å². The number of hydrogen-bond donors (Lipinski definition) is 9. The predicted molar refractivity (Wildman–Crippen MR) is 399 cm³/mol. The van der Waals surface area contributed by atoms with E-state index in [1.807, 2.05) is 214 Å². The van der Waals surface area contributed by atoms with Crippen molar-refractivity contribution in [1.29, 1.82) is 0 Å². The molecule has 0 heterocycles. The summed E-state index contributed by atoms with van der Waals surface area (Å²) in [6, 6.07) is 70.2. The quantitative estimate of drug-likeness (QED) is 0.0540. The van der Waals surface area contributed by atoms with Crippen molar-refractivity contribution in [1.82, 2.24) is 0 Å². The molecule has 2 amide bonds. The van der Waals surface area contributed by atoms with Crippen molar-refractivity contribution < 1.29 is 38.8 Å². The number of nitrogens with two attached hydrogens (primary N) is 2. The summed E-state index contributed by atoms with van der Waals surface area (Å²) in [5.41, 5.74) is 29.3. The van der Waals surface area contributed by atoms with Gasteiger partial charge in [-0.05, 0) is 182 Å². The number of nitrogen functional groups attached to an aromatic ring is 2. The number of methoxy groups -OCH3 is 1. The Labute approximate surface area is 569 Å². The number of nitrogens with one attached hydrogen (secondary N) is 4. The van der Waals surface area contributed by atoms with Crippen molar-refractivity contribution in [3.63, 3.8) is 0 Å². The summed E-state index contributed by atoms with van der Waals surface area (Å²) >= 11 is 5.69. The lowest BCUT2D eigenvalue weighted by Gasteiger charge is -2.03. The van der Waals surface area contributed by atoms with E-state index in [1.54, 1.807) is 25.1 Å². The number of Topliss-reactive ketones (excluding diaryl/α,β-unsaturated/α-hetero) is 1. The van der Waals surface area contributed by atoms with Crippen LogP contribution in [0.15, 0.2) is 224 Å². The highest BCUT2D eigenvalue weighted by Gasteiger charge is 2.01. The van der Waals surface area contributed by atoms with Crippen LogP contribution in [-0.4, -0.2) is 54.1 Å². The van der Waals surface area contributed by atoms with E-state index in [9.17, 15) is 18.8 Å². The molecular weight excluding hydrogens is 1210 g/mol. The minimum atomic E-state index is -0.366. The van der Waals surface area contributed by atoms with Crippen molar-refractivity contribution in [3.8, 4) is 17.2 Å². The van der Waals surface area contributed by atoms with Gasteiger partial charge in [-0.1, -0.05) is 186 Å². The molecule has 15 heteroatoms. The number of phenolic OH excluding ortho intramolecular Hbond substituents is 2. The van der Waals surface area contributed by atoms with Gasteiger partial charge in [-0.3, -0.25) is 14.4 Å². The first-order chi connectivity index (χ1) is 45.0. The fourth-order valence-corrected chi connectivity index (χ4v) is 7.63. The summed E-state index contributed by atoms with van der Waals surface area (Å²) in [6.45, 7) is 24.3. The molecule has 0 fully saturated rings. The zero-order valence-corrected chi connectivity index (χ0v) is 58.7. The second-order valence-electron chi connectivity index (χ2n) is 21.7. The molecule has 0 unspecified atom stereocenters. The van der Waals surface area contributed by atoms with Gasteiger partial charge in [0.05, 0.1) is 24.4 Å². The second kappa shape index (κ2) is 46.6. The maximum atomic E-state index is 12.4. The van der Waals surface area contributed by atoms with Crippen molar-refractivity contribution in [2.45, 2.75) is 96.6 Å².